The summed E-state index contributed by atoms with van der Waals surface area (Å²) >= 11 is 0. The fraction of sp³-hybridized carbons (Fsp3) is 0.294. The molecule has 0 saturated heterocycles. The number of nitrogens with two attached hydrogens (primary N) is 1. The van der Waals surface area contributed by atoms with Crippen molar-refractivity contribution in [3.05, 3.63) is 71.0 Å². The van der Waals surface area contributed by atoms with Gasteiger partial charge in [-0.1, -0.05) is 36.4 Å². The van der Waals surface area contributed by atoms with Crippen molar-refractivity contribution in [2.45, 2.75) is 19.5 Å². The first kappa shape index (κ1) is 14.7. The van der Waals surface area contributed by atoms with E-state index in [0.717, 1.165) is 25.1 Å². The second kappa shape index (κ2) is 7.17. The Morgan fingerprint density at radius 2 is 1.30 bits per heavy atom. The molecule has 0 spiro atoms. The number of benzene rings is 2. The van der Waals surface area contributed by atoms with Gasteiger partial charge in [0.2, 0.25) is 0 Å². The van der Waals surface area contributed by atoms with Crippen LogP contribution >= 0.6 is 0 Å². The average molecular weight is 272 g/mol. The first-order chi connectivity index (χ1) is 9.67. The Labute approximate surface area is 120 Å². The molecule has 2 rings (SSSR count). The highest BCUT2D eigenvalue weighted by molar-refractivity contribution is 5.23. The van der Waals surface area contributed by atoms with Crippen molar-refractivity contribution in [3.63, 3.8) is 0 Å². The molecule has 0 aliphatic rings. The highest BCUT2D eigenvalue weighted by atomic mass is 19.1. The molecule has 0 heterocycles. The third-order valence-electron chi connectivity index (χ3n) is 3.27. The lowest BCUT2D eigenvalue weighted by Gasteiger charge is -2.17. The number of rotatable bonds is 6. The number of hydrogen-bond acceptors (Lipinski definition) is 2. The van der Waals surface area contributed by atoms with Gasteiger partial charge >= 0.3 is 0 Å². The maximum absolute atomic E-state index is 12.8. The van der Waals surface area contributed by atoms with Gasteiger partial charge in [0.05, 0.1) is 0 Å². The Hall–Kier alpha value is -1.71. The van der Waals surface area contributed by atoms with Gasteiger partial charge in [0.15, 0.2) is 0 Å². The minimum Gasteiger partial charge on any atom is -0.330 e. The van der Waals surface area contributed by atoms with E-state index in [1.54, 1.807) is 0 Å². The summed E-state index contributed by atoms with van der Waals surface area (Å²) in [4.78, 5) is 2.21. The fourth-order valence-corrected chi connectivity index (χ4v) is 2.25. The molecule has 0 amide bonds. The van der Waals surface area contributed by atoms with E-state index >= 15 is 0 Å². The molecule has 0 aliphatic heterocycles. The molecule has 2 nitrogen and oxygen atoms in total. The molecule has 20 heavy (non-hydrogen) atoms. The van der Waals surface area contributed by atoms with E-state index in [2.05, 4.69) is 36.2 Å². The van der Waals surface area contributed by atoms with Crippen LogP contribution in [0.1, 0.15) is 16.7 Å². The molecule has 2 N–H and O–H groups in total. The maximum Gasteiger partial charge on any atom is 0.123 e. The highest BCUT2D eigenvalue weighted by Gasteiger charge is 2.02. The minimum atomic E-state index is -0.188. The van der Waals surface area contributed by atoms with Crippen LogP contribution in [-0.4, -0.2) is 18.5 Å². The molecule has 0 saturated carbocycles. The van der Waals surface area contributed by atoms with Crippen LogP contribution in [0.4, 0.5) is 4.39 Å². The van der Waals surface area contributed by atoms with Crippen molar-refractivity contribution in [2.75, 3.05) is 13.6 Å². The van der Waals surface area contributed by atoms with Crippen LogP contribution in [0.5, 0.6) is 0 Å². The van der Waals surface area contributed by atoms with Crippen LogP contribution in [0.3, 0.4) is 0 Å². The van der Waals surface area contributed by atoms with Crippen molar-refractivity contribution in [1.82, 2.24) is 4.90 Å². The second-order valence-corrected chi connectivity index (χ2v) is 5.15. The summed E-state index contributed by atoms with van der Waals surface area (Å²) in [6.07, 6.45) is 0.922. The van der Waals surface area contributed by atoms with E-state index in [4.69, 9.17) is 5.73 Å². The van der Waals surface area contributed by atoms with Crippen molar-refractivity contribution < 1.29 is 4.39 Å². The van der Waals surface area contributed by atoms with Gasteiger partial charge in [-0.25, -0.2) is 4.39 Å². The molecule has 3 heteroatoms. The Morgan fingerprint density at radius 1 is 0.850 bits per heavy atom. The van der Waals surface area contributed by atoms with E-state index < -0.39 is 0 Å². The standard InChI is InChI=1S/C17H21FN2/c1-20(13-16-6-8-17(18)9-7-16)12-15-4-2-14(3-5-15)10-11-19/h2-9H,10-13,19H2,1H3. The number of halogens is 1. The van der Waals surface area contributed by atoms with E-state index in [-0.39, 0.29) is 5.82 Å². The Morgan fingerprint density at radius 3 is 1.80 bits per heavy atom. The van der Waals surface area contributed by atoms with Gasteiger partial charge < -0.3 is 5.73 Å². The van der Waals surface area contributed by atoms with Crippen molar-refractivity contribution in [2.24, 2.45) is 5.73 Å². The third-order valence-corrected chi connectivity index (χ3v) is 3.27. The summed E-state index contributed by atoms with van der Waals surface area (Å²) in [7, 11) is 2.07. The minimum absolute atomic E-state index is 0.188. The summed E-state index contributed by atoms with van der Waals surface area (Å²) in [6, 6.07) is 15.2. The fourth-order valence-electron chi connectivity index (χ4n) is 2.25. The maximum atomic E-state index is 12.8. The summed E-state index contributed by atoms with van der Waals surface area (Å²) in [6.45, 7) is 2.37. The summed E-state index contributed by atoms with van der Waals surface area (Å²) in [5, 5.41) is 0. The normalized spacial score (nSPS) is 11.0. The molecule has 2 aromatic rings. The van der Waals surface area contributed by atoms with Crippen LogP contribution in [0.2, 0.25) is 0 Å². The molecular formula is C17H21FN2. The smallest absolute Gasteiger partial charge is 0.123 e. The summed E-state index contributed by atoms with van der Waals surface area (Å²) in [5.74, 6) is -0.188. The van der Waals surface area contributed by atoms with Gasteiger partial charge in [-0.15, -0.1) is 0 Å². The molecule has 0 unspecified atom stereocenters. The first-order valence-electron chi connectivity index (χ1n) is 6.88. The Bertz CT molecular complexity index is 520. The van der Waals surface area contributed by atoms with Crippen LogP contribution in [-0.2, 0) is 19.5 Å². The Kier molecular flexibility index (Phi) is 5.27. The largest absolute Gasteiger partial charge is 0.330 e. The number of nitrogens with zero attached hydrogens (tertiary/aromatic N) is 1. The molecular weight excluding hydrogens is 251 g/mol. The predicted molar refractivity (Wildman–Crippen MR) is 80.8 cm³/mol. The molecule has 0 bridgehead atoms. The zero-order valence-electron chi connectivity index (χ0n) is 11.8. The van der Waals surface area contributed by atoms with E-state index in [9.17, 15) is 4.39 Å². The van der Waals surface area contributed by atoms with Gasteiger partial charge in [-0.3, -0.25) is 4.90 Å². The quantitative estimate of drug-likeness (QED) is 0.876. The zero-order valence-corrected chi connectivity index (χ0v) is 11.8. The summed E-state index contributed by atoms with van der Waals surface area (Å²) < 4.78 is 12.8. The van der Waals surface area contributed by atoms with E-state index in [1.807, 2.05) is 12.1 Å². The van der Waals surface area contributed by atoms with Gasteiger partial charge in [-0.2, -0.15) is 0 Å². The molecule has 0 aliphatic carbocycles. The lowest BCUT2D eigenvalue weighted by Crippen LogP contribution is -2.17. The summed E-state index contributed by atoms with van der Waals surface area (Å²) in [5.41, 5.74) is 9.21. The third kappa shape index (κ3) is 4.44. The number of hydrogen-bond donors (Lipinski definition) is 1. The zero-order chi connectivity index (χ0) is 14.4. The van der Waals surface area contributed by atoms with Gasteiger partial charge in [-0.05, 0) is 48.8 Å². The molecule has 0 fully saturated rings. The monoisotopic (exact) mass is 272 g/mol. The van der Waals surface area contributed by atoms with E-state index in [0.29, 0.717) is 6.54 Å². The Balaban J connectivity index is 1.90. The van der Waals surface area contributed by atoms with Crippen molar-refractivity contribution in [1.29, 1.82) is 0 Å². The van der Waals surface area contributed by atoms with Gasteiger partial charge in [0.1, 0.15) is 5.82 Å². The SMILES string of the molecule is CN(Cc1ccc(F)cc1)Cc1ccc(CCN)cc1. The highest BCUT2D eigenvalue weighted by Crippen LogP contribution is 2.10. The average Bonchev–Trinajstić information content (AvgIpc) is 2.44. The first-order valence-corrected chi connectivity index (χ1v) is 6.88. The van der Waals surface area contributed by atoms with Crippen LogP contribution in [0.25, 0.3) is 0 Å². The predicted octanol–water partition coefficient (Wildman–Crippen LogP) is 2.96. The topological polar surface area (TPSA) is 29.3 Å². The van der Waals surface area contributed by atoms with Crippen LogP contribution in [0, 0.1) is 5.82 Å². The second-order valence-electron chi connectivity index (χ2n) is 5.15. The van der Waals surface area contributed by atoms with E-state index in [1.165, 1.54) is 23.3 Å². The van der Waals surface area contributed by atoms with Crippen LogP contribution in [0.15, 0.2) is 48.5 Å². The van der Waals surface area contributed by atoms with Gasteiger partial charge in [0, 0.05) is 13.1 Å². The molecule has 0 atom stereocenters. The molecule has 0 radical (unpaired) electrons. The molecule has 106 valence electrons. The lowest BCUT2D eigenvalue weighted by molar-refractivity contribution is 0.319. The molecule has 2 aromatic carbocycles. The molecule has 0 aromatic heterocycles. The van der Waals surface area contributed by atoms with Crippen LogP contribution < -0.4 is 5.73 Å². The lowest BCUT2D eigenvalue weighted by atomic mass is 10.1. The van der Waals surface area contributed by atoms with Crippen molar-refractivity contribution >= 4 is 0 Å². The van der Waals surface area contributed by atoms with Crippen molar-refractivity contribution in [3.8, 4) is 0 Å². The van der Waals surface area contributed by atoms with Gasteiger partial charge in [0.25, 0.3) is 0 Å².